The largest absolute Gasteiger partial charge is 0.490 e. The van der Waals surface area contributed by atoms with Crippen LogP contribution in [0.5, 0.6) is 11.5 Å². The van der Waals surface area contributed by atoms with E-state index in [9.17, 15) is 4.79 Å². The SMILES string of the molecule is CCOc1ccc(C(=O)N2CCCCC2c2nncn2C)cc1OCC. The molecule has 2 aromatic rings. The summed E-state index contributed by atoms with van der Waals surface area (Å²) in [6.45, 7) is 5.62. The van der Waals surface area contributed by atoms with Crippen LogP contribution in [0.25, 0.3) is 0 Å². The minimum Gasteiger partial charge on any atom is -0.490 e. The minimum absolute atomic E-state index is 0.0123. The molecule has 26 heavy (non-hydrogen) atoms. The maximum atomic E-state index is 13.2. The summed E-state index contributed by atoms with van der Waals surface area (Å²) in [6.07, 6.45) is 4.65. The van der Waals surface area contributed by atoms with Crippen molar-refractivity contribution in [1.29, 1.82) is 0 Å². The van der Waals surface area contributed by atoms with Crippen molar-refractivity contribution in [1.82, 2.24) is 19.7 Å². The second-order valence-corrected chi connectivity index (χ2v) is 6.34. The number of rotatable bonds is 6. The number of likely N-dealkylation sites (tertiary alicyclic amines) is 1. The fourth-order valence-electron chi connectivity index (χ4n) is 3.39. The van der Waals surface area contributed by atoms with Crippen molar-refractivity contribution < 1.29 is 14.3 Å². The van der Waals surface area contributed by atoms with Crippen molar-refractivity contribution in [3.63, 3.8) is 0 Å². The summed E-state index contributed by atoms with van der Waals surface area (Å²) in [5, 5.41) is 8.20. The third kappa shape index (κ3) is 3.66. The number of nitrogens with zero attached hydrogens (tertiary/aromatic N) is 4. The van der Waals surface area contributed by atoms with Gasteiger partial charge in [-0.2, -0.15) is 0 Å². The van der Waals surface area contributed by atoms with Crippen LogP contribution < -0.4 is 9.47 Å². The van der Waals surface area contributed by atoms with Gasteiger partial charge >= 0.3 is 0 Å². The lowest BCUT2D eigenvalue weighted by atomic mass is 10.00. The number of carbonyl (C=O) groups is 1. The molecule has 0 N–H and O–H groups in total. The summed E-state index contributed by atoms with van der Waals surface area (Å²) in [7, 11) is 1.91. The molecule has 1 amide bonds. The Morgan fingerprint density at radius 3 is 2.65 bits per heavy atom. The van der Waals surface area contributed by atoms with Gasteiger partial charge in [-0.1, -0.05) is 0 Å². The predicted octanol–water partition coefficient (Wildman–Crippen LogP) is 2.98. The van der Waals surface area contributed by atoms with Crippen LogP contribution in [-0.2, 0) is 7.05 Å². The van der Waals surface area contributed by atoms with Gasteiger partial charge in [-0.05, 0) is 51.3 Å². The second kappa shape index (κ2) is 8.21. The van der Waals surface area contributed by atoms with Crippen LogP contribution in [0.4, 0.5) is 0 Å². The maximum Gasteiger partial charge on any atom is 0.254 e. The van der Waals surface area contributed by atoms with Crippen LogP contribution in [-0.4, -0.2) is 45.3 Å². The number of hydrogen-bond acceptors (Lipinski definition) is 5. The standard InChI is InChI=1S/C19H26N4O3/c1-4-25-16-10-9-14(12-17(16)26-5-2)19(24)23-11-7-6-8-15(23)18-21-20-13-22(18)3/h9-10,12-13,15H,4-8,11H2,1-3H3. The molecule has 1 fully saturated rings. The molecule has 1 aliphatic heterocycles. The average molecular weight is 358 g/mol. The molecule has 0 bridgehead atoms. The molecule has 1 atom stereocenters. The molecule has 1 saturated heterocycles. The van der Waals surface area contributed by atoms with Crippen molar-refractivity contribution >= 4 is 5.91 Å². The lowest BCUT2D eigenvalue weighted by molar-refractivity contribution is 0.0595. The first-order chi connectivity index (χ1) is 12.7. The second-order valence-electron chi connectivity index (χ2n) is 6.34. The van der Waals surface area contributed by atoms with Gasteiger partial charge in [-0.25, -0.2) is 0 Å². The molecule has 3 rings (SSSR count). The number of benzene rings is 1. The first-order valence-corrected chi connectivity index (χ1v) is 9.20. The monoisotopic (exact) mass is 358 g/mol. The molecule has 0 aliphatic carbocycles. The Bertz CT molecular complexity index is 759. The highest BCUT2D eigenvalue weighted by molar-refractivity contribution is 5.95. The van der Waals surface area contributed by atoms with Crippen LogP contribution in [0.2, 0.25) is 0 Å². The van der Waals surface area contributed by atoms with Gasteiger partial charge < -0.3 is 18.9 Å². The summed E-state index contributed by atoms with van der Waals surface area (Å²) in [4.78, 5) is 15.1. The number of carbonyl (C=O) groups excluding carboxylic acids is 1. The highest BCUT2D eigenvalue weighted by atomic mass is 16.5. The number of hydrogen-bond donors (Lipinski definition) is 0. The molecule has 140 valence electrons. The van der Waals surface area contributed by atoms with Crippen molar-refractivity contribution in [2.45, 2.75) is 39.2 Å². The van der Waals surface area contributed by atoms with Crippen molar-refractivity contribution in [3.8, 4) is 11.5 Å². The van der Waals surface area contributed by atoms with Crippen LogP contribution in [0.3, 0.4) is 0 Å². The van der Waals surface area contributed by atoms with E-state index < -0.39 is 0 Å². The summed E-state index contributed by atoms with van der Waals surface area (Å²) in [6, 6.07) is 5.34. The Labute approximate surface area is 153 Å². The fraction of sp³-hybridized carbons (Fsp3) is 0.526. The Morgan fingerprint density at radius 2 is 1.96 bits per heavy atom. The summed E-state index contributed by atoms with van der Waals surface area (Å²) >= 11 is 0. The molecule has 0 spiro atoms. The molecular formula is C19H26N4O3. The van der Waals surface area contributed by atoms with Crippen molar-refractivity contribution in [2.24, 2.45) is 7.05 Å². The lowest BCUT2D eigenvalue weighted by Crippen LogP contribution is -2.39. The molecule has 2 heterocycles. The highest BCUT2D eigenvalue weighted by Crippen LogP contribution is 2.33. The molecule has 1 aromatic heterocycles. The minimum atomic E-state index is -0.0501. The van der Waals surface area contributed by atoms with Crippen LogP contribution in [0.1, 0.15) is 55.3 Å². The van der Waals surface area contributed by atoms with Gasteiger partial charge in [0.15, 0.2) is 17.3 Å². The quantitative estimate of drug-likeness (QED) is 0.794. The molecule has 1 aliphatic rings. The summed E-state index contributed by atoms with van der Waals surface area (Å²) < 4.78 is 13.1. The van der Waals surface area contributed by atoms with Crippen molar-refractivity contribution in [3.05, 3.63) is 35.9 Å². The van der Waals surface area contributed by atoms with E-state index in [1.807, 2.05) is 36.4 Å². The zero-order chi connectivity index (χ0) is 18.5. The predicted molar refractivity (Wildman–Crippen MR) is 97.4 cm³/mol. The Morgan fingerprint density at radius 1 is 1.19 bits per heavy atom. The van der Waals surface area contributed by atoms with Gasteiger partial charge in [0, 0.05) is 19.2 Å². The van der Waals surface area contributed by atoms with E-state index in [0.717, 1.165) is 25.1 Å². The summed E-state index contributed by atoms with van der Waals surface area (Å²) in [5.41, 5.74) is 0.603. The first kappa shape index (κ1) is 18.2. The topological polar surface area (TPSA) is 69.5 Å². The highest BCUT2D eigenvalue weighted by Gasteiger charge is 2.31. The van der Waals surface area contributed by atoms with E-state index in [0.29, 0.717) is 36.8 Å². The average Bonchev–Trinajstić information content (AvgIpc) is 3.09. The maximum absolute atomic E-state index is 13.2. The normalized spacial score (nSPS) is 17.2. The van der Waals surface area contributed by atoms with Gasteiger partial charge in [0.2, 0.25) is 0 Å². The third-order valence-corrected chi connectivity index (χ3v) is 4.60. The first-order valence-electron chi connectivity index (χ1n) is 9.20. The zero-order valence-electron chi connectivity index (χ0n) is 15.6. The van der Waals surface area contributed by atoms with Gasteiger partial charge in [-0.3, -0.25) is 4.79 Å². The zero-order valence-corrected chi connectivity index (χ0v) is 15.6. The van der Waals surface area contributed by atoms with E-state index in [2.05, 4.69) is 10.2 Å². The van der Waals surface area contributed by atoms with Gasteiger partial charge in [0.05, 0.1) is 19.3 Å². The van der Waals surface area contributed by atoms with E-state index in [4.69, 9.17) is 9.47 Å². The van der Waals surface area contributed by atoms with E-state index in [1.165, 1.54) is 0 Å². The molecule has 7 nitrogen and oxygen atoms in total. The summed E-state index contributed by atoms with van der Waals surface area (Å²) in [5.74, 6) is 2.08. The molecule has 0 saturated carbocycles. The smallest absolute Gasteiger partial charge is 0.254 e. The third-order valence-electron chi connectivity index (χ3n) is 4.60. The van der Waals surface area contributed by atoms with Gasteiger partial charge in [-0.15, -0.1) is 10.2 Å². The molecule has 1 unspecified atom stereocenters. The fourth-order valence-corrected chi connectivity index (χ4v) is 3.39. The van der Waals surface area contributed by atoms with E-state index in [1.54, 1.807) is 18.5 Å². The van der Waals surface area contributed by atoms with E-state index >= 15 is 0 Å². The Kier molecular flexibility index (Phi) is 5.75. The van der Waals surface area contributed by atoms with Gasteiger partial charge in [0.1, 0.15) is 6.33 Å². The molecule has 7 heteroatoms. The Balaban J connectivity index is 1.89. The Hall–Kier alpha value is -2.57. The van der Waals surface area contributed by atoms with Crippen LogP contribution >= 0.6 is 0 Å². The number of aryl methyl sites for hydroxylation is 1. The van der Waals surface area contributed by atoms with Crippen molar-refractivity contribution in [2.75, 3.05) is 19.8 Å². The molecule has 1 aromatic carbocycles. The number of ether oxygens (including phenoxy) is 2. The lowest BCUT2D eigenvalue weighted by Gasteiger charge is -2.35. The van der Waals surface area contributed by atoms with Crippen LogP contribution in [0.15, 0.2) is 24.5 Å². The number of piperidine rings is 1. The van der Waals surface area contributed by atoms with E-state index in [-0.39, 0.29) is 11.9 Å². The van der Waals surface area contributed by atoms with Crippen LogP contribution in [0, 0.1) is 0 Å². The molecular weight excluding hydrogens is 332 g/mol. The number of amides is 1. The van der Waals surface area contributed by atoms with Gasteiger partial charge in [0.25, 0.3) is 5.91 Å². The molecule has 0 radical (unpaired) electrons. The number of aromatic nitrogens is 3.